The SMILES string of the molecule is Cc1cc(C)c(C(=O)CCCl)c(C)c1. The predicted molar refractivity (Wildman–Crippen MR) is 60.3 cm³/mol. The lowest BCUT2D eigenvalue weighted by atomic mass is 9.96. The van der Waals surface area contributed by atoms with Gasteiger partial charge in [0.1, 0.15) is 0 Å². The molecule has 0 heterocycles. The minimum Gasteiger partial charge on any atom is -0.294 e. The van der Waals surface area contributed by atoms with Crippen LogP contribution in [0, 0.1) is 20.8 Å². The Kier molecular flexibility index (Phi) is 3.70. The summed E-state index contributed by atoms with van der Waals surface area (Å²) in [6.07, 6.45) is 0.423. The number of Topliss-reactive ketones (excluding diaryl/α,β-unsaturated/α-hetero) is 1. The number of benzene rings is 1. The molecule has 0 N–H and O–H groups in total. The maximum Gasteiger partial charge on any atom is 0.164 e. The molecule has 14 heavy (non-hydrogen) atoms. The lowest BCUT2D eigenvalue weighted by Gasteiger charge is -2.09. The topological polar surface area (TPSA) is 17.1 Å². The predicted octanol–water partition coefficient (Wildman–Crippen LogP) is 3.42. The number of hydrogen-bond acceptors (Lipinski definition) is 1. The van der Waals surface area contributed by atoms with Crippen LogP contribution in [0.1, 0.15) is 33.5 Å². The molecule has 0 aromatic heterocycles. The van der Waals surface area contributed by atoms with Crippen molar-refractivity contribution in [2.24, 2.45) is 0 Å². The first kappa shape index (κ1) is 11.3. The second-order valence-corrected chi connectivity index (χ2v) is 4.01. The van der Waals surface area contributed by atoms with Crippen LogP contribution in [0.15, 0.2) is 12.1 Å². The number of alkyl halides is 1. The summed E-state index contributed by atoms with van der Waals surface area (Å²) in [5.74, 6) is 0.543. The van der Waals surface area contributed by atoms with Crippen molar-refractivity contribution >= 4 is 17.4 Å². The average molecular weight is 211 g/mol. The normalized spacial score (nSPS) is 10.3. The smallest absolute Gasteiger partial charge is 0.164 e. The highest BCUT2D eigenvalue weighted by Crippen LogP contribution is 2.18. The van der Waals surface area contributed by atoms with Gasteiger partial charge in [0.25, 0.3) is 0 Å². The van der Waals surface area contributed by atoms with Crippen LogP contribution >= 0.6 is 11.6 Å². The van der Waals surface area contributed by atoms with Crippen LogP contribution in [0.25, 0.3) is 0 Å². The summed E-state index contributed by atoms with van der Waals surface area (Å²) < 4.78 is 0. The fraction of sp³-hybridized carbons (Fsp3) is 0.417. The van der Waals surface area contributed by atoms with Gasteiger partial charge in [-0.25, -0.2) is 0 Å². The molecular weight excluding hydrogens is 196 g/mol. The molecule has 0 aliphatic carbocycles. The van der Waals surface area contributed by atoms with Crippen molar-refractivity contribution in [3.05, 3.63) is 34.4 Å². The Labute approximate surface area is 90.1 Å². The molecule has 1 aromatic carbocycles. The molecule has 2 heteroatoms. The molecule has 1 rings (SSSR count). The minimum atomic E-state index is 0.148. The molecule has 0 saturated carbocycles. The summed E-state index contributed by atoms with van der Waals surface area (Å²) in [6, 6.07) is 4.07. The first-order valence-electron chi connectivity index (χ1n) is 4.73. The van der Waals surface area contributed by atoms with E-state index < -0.39 is 0 Å². The Balaban J connectivity index is 3.14. The van der Waals surface area contributed by atoms with Gasteiger partial charge in [0, 0.05) is 17.9 Å². The zero-order valence-corrected chi connectivity index (χ0v) is 9.61. The number of ketones is 1. The van der Waals surface area contributed by atoms with Gasteiger partial charge in [-0.05, 0) is 31.9 Å². The van der Waals surface area contributed by atoms with Crippen LogP contribution in [0.3, 0.4) is 0 Å². The van der Waals surface area contributed by atoms with Gasteiger partial charge >= 0.3 is 0 Å². The van der Waals surface area contributed by atoms with E-state index in [-0.39, 0.29) is 5.78 Å². The zero-order chi connectivity index (χ0) is 10.7. The number of hydrogen-bond donors (Lipinski definition) is 0. The summed E-state index contributed by atoms with van der Waals surface area (Å²) >= 11 is 5.56. The molecule has 0 aliphatic heterocycles. The van der Waals surface area contributed by atoms with Crippen molar-refractivity contribution < 1.29 is 4.79 Å². The summed E-state index contributed by atoms with van der Waals surface area (Å²) in [4.78, 5) is 11.7. The van der Waals surface area contributed by atoms with Gasteiger partial charge in [0.2, 0.25) is 0 Å². The van der Waals surface area contributed by atoms with E-state index in [0.29, 0.717) is 12.3 Å². The fourth-order valence-electron chi connectivity index (χ4n) is 1.83. The number of aryl methyl sites for hydroxylation is 3. The number of carbonyl (C=O) groups is 1. The maximum absolute atomic E-state index is 11.7. The molecule has 0 aliphatic rings. The van der Waals surface area contributed by atoms with E-state index in [1.165, 1.54) is 5.56 Å². The summed E-state index contributed by atoms with van der Waals surface area (Å²) in [6.45, 7) is 5.98. The van der Waals surface area contributed by atoms with Crippen molar-refractivity contribution in [1.82, 2.24) is 0 Å². The Morgan fingerprint density at radius 1 is 1.21 bits per heavy atom. The van der Waals surface area contributed by atoms with Gasteiger partial charge in [-0.1, -0.05) is 17.7 Å². The zero-order valence-electron chi connectivity index (χ0n) is 8.86. The summed E-state index contributed by atoms with van der Waals surface area (Å²) in [7, 11) is 0. The molecule has 1 aromatic rings. The van der Waals surface area contributed by atoms with Crippen molar-refractivity contribution in [2.45, 2.75) is 27.2 Å². The quantitative estimate of drug-likeness (QED) is 0.552. The van der Waals surface area contributed by atoms with Crippen LogP contribution in [0.4, 0.5) is 0 Å². The molecule has 0 amide bonds. The van der Waals surface area contributed by atoms with Crippen molar-refractivity contribution in [2.75, 3.05) is 5.88 Å². The lowest BCUT2D eigenvalue weighted by molar-refractivity contribution is 0.0988. The van der Waals surface area contributed by atoms with Crippen LogP contribution in [-0.2, 0) is 0 Å². The lowest BCUT2D eigenvalue weighted by Crippen LogP contribution is -2.05. The van der Waals surface area contributed by atoms with Crippen LogP contribution in [0.5, 0.6) is 0 Å². The second-order valence-electron chi connectivity index (χ2n) is 3.64. The highest BCUT2D eigenvalue weighted by atomic mass is 35.5. The number of rotatable bonds is 3. The Morgan fingerprint density at radius 2 is 1.71 bits per heavy atom. The third kappa shape index (κ3) is 2.36. The molecule has 0 unspecified atom stereocenters. The molecule has 0 fully saturated rings. The van der Waals surface area contributed by atoms with E-state index in [0.717, 1.165) is 16.7 Å². The number of carbonyl (C=O) groups excluding carboxylic acids is 1. The van der Waals surface area contributed by atoms with Gasteiger partial charge in [0.15, 0.2) is 5.78 Å². The summed E-state index contributed by atoms with van der Waals surface area (Å²) in [5.41, 5.74) is 4.15. The Hall–Kier alpha value is -0.820. The molecule has 0 radical (unpaired) electrons. The molecule has 0 spiro atoms. The van der Waals surface area contributed by atoms with Crippen LogP contribution in [-0.4, -0.2) is 11.7 Å². The van der Waals surface area contributed by atoms with E-state index in [4.69, 9.17) is 11.6 Å². The monoisotopic (exact) mass is 210 g/mol. The first-order valence-corrected chi connectivity index (χ1v) is 5.26. The third-order valence-corrected chi connectivity index (χ3v) is 2.47. The standard InChI is InChI=1S/C12H15ClO/c1-8-6-9(2)12(10(3)7-8)11(14)4-5-13/h6-7H,4-5H2,1-3H3. The van der Waals surface area contributed by atoms with E-state index >= 15 is 0 Å². The van der Waals surface area contributed by atoms with E-state index in [2.05, 4.69) is 0 Å². The van der Waals surface area contributed by atoms with Gasteiger partial charge < -0.3 is 0 Å². The van der Waals surface area contributed by atoms with E-state index in [1.807, 2.05) is 32.9 Å². The molecule has 0 atom stereocenters. The van der Waals surface area contributed by atoms with Crippen LogP contribution < -0.4 is 0 Å². The maximum atomic E-state index is 11.7. The average Bonchev–Trinajstić information content (AvgIpc) is 2.01. The van der Waals surface area contributed by atoms with Crippen molar-refractivity contribution in [1.29, 1.82) is 0 Å². The van der Waals surface area contributed by atoms with Gasteiger partial charge in [-0.3, -0.25) is 4.79 Å². The highest BCUT2D eigenvalue weighted by molar-refractivity contribution is 6.19. The highest BCUT2D eigenvalue weighted by Gasteiger charge is 2.11. The second kappa shape index (κ2) is 4.61. The van der Waals surface area contributed by atoms with Crippen LogP contribution in [0.2, 0.25) is 0 Å². The third-order valence-electron chi connectivity index (χ3n) is 2.28. The van der Waals surface area contributed by atoms with E-state index in [9.17, 15) is 4.79 Å². The van der Waals surface area contributed by atoms with Gasteiger partial charge in [-0.2, -0.15) is 0 Å². The molecule has 0 bridgehead atoms. The van der Waals surface area contributed by atoms with Gasteiger partial charge in [0.05, 0.1) is 0 Å². The molecular formula is C12H15ClO. The molecule has 1 nitrogen and oxygen atoms in total. The molecule has 76 valence electrons. The Morgan fingerprint density at radius 3 is 2.14 bits per heavy atom. The molecule has 0 saturated heterocycles. The first-order chi connectivity index (χ1) is 6.56. The van der Waals surface area contributed by atoms with E-state index in [1.54, 1.807) is 0 Å². The number of halogens is 1. The summed E-state index contributed by atoms with van der Waals surface area (Å²) in [5, 5.41) is 0. The Bertz CT molecular complexity index is 332. The van der Waals surface area contributed by atoms with Crippen molar-refractivity contribution in [3.8, 4) is 0 Å². The van der Waals surface area contributed by atoms with Crippen molar-refractivity contribution in [3.63, 3.8) is 0 Å². The fourth-order valence-corrected chi connectivity index (χ4v) is 2.00. The largest absolute Gasteiger partial charge is 0.294 e. The van der Waals surface area contributed by atoms with Gasteiger partial charge in [-0.15, -0.1) is 11.6 Å². The minimum absolute atomic E-state index is 0.148.